The smallest absolute Gasteiger partial charge is 0.222 e. The molecule has 0 unspecified atom stereocenters. The van der Waals surface area contributed by atoms with Crippen molar-refractivity contribution in [2.24, 2.45) is 7.05 Å². The molecule has 0 saturated carbocycles. The van der Waals surface area contributed by atoms with Gasteiger partial charge < -0.3 is 4.90 Å². The minimum Gasteiger partial charge on any atom is -0.341 e. The van der Waals surface area contributed by atoms with Crippen LogP contribution in [-0.2, 0) is 18.4 Å². The van der Waals surface area contributed by atoms with Gasteiger partial charge >= 0.3 is 0 Å². The first-order valence-corrected chi connectivity index (χ1v) is 5.27. The summed E-state index contributed by atoms with van der Waals surface area (Å²) >= 11 is 0. The molecular formula is C11H19N3O. The van der Waals surface area contributed by atoms with Crippen LogP contribution >= 0.6 is 0 Å². The Morgan fingerprint density at radius 3 is 2.73 bits per heavy atom. The van der Waals surface area contributed by atoms with Gasteiger partial charge in [0, 0.05) is 38.3 Å². The molecule has 0 saturated heterocycles. The first-order valence-electron chi connectivity index (χ1n) is 5.27. The van der Waals surface area contributed by atoms with E-state index in [0.717, 1.165) is 17.7 Å². The van der Waals surface area contributed by atoms with E-state index in [1.165, 1.54) is 0 Å². The van der Waals surface area contributed by atoms with Crippen LogP contribution in [0, 0.1) is 6.92 Å². The molecule has 0 bridgehead atoms. The molecule has 1 rings (SSSR count). The molecule has 1 amide bonds. The standard InChI is InChI=1S/C11H19N3O/c1-5-6-11(15)13(3)8-10-7-12-14(4)9(10)2/h7H,5-6,8H2,1-4H3. The molecule has 0 aromatic carbocycles. The Labute approximate surface area is 90.9 Å². The lowest BCUT2D eigenvalue weighted by atomic mass is 10.2. The zero-order chi connectivity index (χ0) is 11.4. The highest BCUT2D eigenvalue weighted by molar-refractivity contribution is 5.75. The molecule has 1 heterocycles. The summed E-state index contributed by atoms with van der Waals surface area (Å²) in [6.07, 6.45) is 3.34. The van der Waals surface area contributed by atoms with E-state index in [9.17, 15) is 4.79 Å². The average Bonchev–Trinajstić information content (AvgIpc) is 2.50. The normalized spacial score (nSPS) is 10.4. The van der Waals surface area contributed by atoms with E-state index in [-0.39, 0.29) is 5.91 Å². The summed E-state index contributed by atoms with van der Waals surface area (Å²) in [6.45, 7) is 4.68. The van der Waals surface area contributed by atoms with Crippen molar-refractivity contribution in [2.45, 2.75) is 33.2 Å². The van der Waals surface area contributed by atoms with Gasteiger partial charge in [-0.25, -0.2) is 0 Å². The van der Waals surface area contributed by atoms with Crippen LogP contribution in [0.25, 0.3) is 0 Å². The third-order valence-corrected chi connectivity index (χ3v) is 2.63. The molecule has 0 fully saturated rings. The summed E-state index contributed by atoms with van der Waals surface area (Å²) in [5, 5.41) is 4.15. The lowest BCUT2D eigenvalue weighted by Gasteiger charge is -2.16. The van der Waals surface area contributed by atoms with Crippen LogP contribution < -0.4 is 0 Å². The van der Waals surface area contributed by atoms with Crippen molar-refractivity contribution in [3.63, 3.8) is 0 Å². The van der Waals surface area contributed by atoms with Gasteiger partial charge in [0.1, 0.15) is 0 Å². The first-order chi connectivity index (χ1) is 7.06. The lowest BCUT2D eigenvalue weighted by Crippen LogP contribution is -2.25. The van der Waals surface area contributed by atoms with E-state index in [2.05, 4.69) is 5.10 Å². The maximum Gasteiger partial charge on any atom is 0.222 e. The van der Waals surface area contributed by atoms with Gasteiger partial charge in [-0.15, -0.1) is 0 Å². The molecule has 0 N–H and O–H groups in total. The SMILES string of the molecule is CCCC(=O)N(C)Cc1cnn(C)c1C. The number of nitrogens with zero attached hydrogens (tertiary/aromatic N) is 3. The minimum atomic E-state index is 0.195. The van der Waals surface area contributed by atoms with E-state index in [1.807, 2.05) is 38.8 Å². The van der Waals surface area contributed by atoms with Gasteiger partial charge in [0.05, 0.1) is 6.20 Å². The zero-order valence-corrected chi connectivity index (χ0v) is 9.95. The van der Waals surface area contributed by atoms with Crippen molar-refractivity contribution >= 4 is 5.91 Å². The topological polar surface area (TPSA) is 38.1 Å². The van der Waals surface area contributed by atoms with E-state index in [0.29, 0.717) is 13.0 Å². The van der Waals surface area contributed by atoms with Gasteiger partial charge in [0.2, 0.25) is 5.91 Å². The van der Waals surface area contributed by atoms with Crippen LogP contribution in [0.5, 0.6) is 0 Å². The third kappa shape index (κ3) is 2.81. The Hall–Kier alpha value is -1.32. The van der Waals surface area contributed by atoms with E-state index in [1.54, 1.807) is 4.90 Å². The monoisotopic (exact) mass is 209 g/mol. The van der Waals surface area contributed by atoms with Crippen LogP contribution in [0.4, 0.5) is 0 Å². The van der Waals surface area contributed by atoms with Gasteiger partial charge in [0.25, 0.3) is 0 Å². The quantitative estimate of drug-likeness (QED) is 0.753. The molecule has 0 atom stereocenters. The number of aromatic nitrogens is 2. The molecule has 4 heteroatoms. The summed E-state index contributed by atoms with van der Waals surface area (Å²) in [7, 11) is 3.75. The molecule has 0 aliphatic heterocycles. The Morgan fingerprint density at radius 1 is 1.60 bits per heavy atom. The molecule has 1 aromatic rings. The van der Waals surface area contributed by atoms with Crippen molar-refractivity contribution in [2.75, 3.05) is 7.05 Å². The largest absolute Gasteiger partial charge is 0.341 e. The number of carbonyl (C=O) groups is 1. The van der Waals surface area contributed by atoms with Crippen LogP contribution in [-0.4, -0.2) is 27.6 Å². The maximum atomic E-state index is 11.6. The van der Waals surface area contributed by atoms with Crippen LogP contribution in [0.1, 0.15) is 31.0 Å². The molecule has 0 radical (unpaired) electrons. The second-order valence-corrected chi connectivity index (χ2v) is 3.88. The van der Waals surface area contributed by atoms with Crippen LogP contribution in [0.3, 0.4) is 0 Å². The number of carbonyl (C=O) groups excluding carboxylic acids is 1. The van der Waals surface area contributed by atoms with E-state index < -0.39 is 0 Å². The average molecular weight is 209 g/mol. The van der Waals surface area contributed by atoms with Crippen molar-refractivity contribution < 1.29 is 4.79 Å². The fourth-order valence-electron chi connectivity index (χ4n) is 1.45. The van der Waals surface area contributed by atoms with Crippen molar-refractivity contribution in [3.05, 3.63) is 17.5 Å². The van der Waals surface area contributed by atoms with Gasteiger partial charge in [-0.05, 0) is 13.3 Å². The predicted molar refractivity (Wildman–Crippen MR) is 59.3 cm³/mol. The second kappa shape index (κ2) is 4.96. The van der Waals surface area contributed by atoms with Crippen LogP contribution in [0.2, 0.25) is 0 Å². The predicted octanol–water partition coefficient (Wildman–Crippen LogP) is 1.49. The fraction of sp³-hybridized carbons (Fsp3) is 0.636. The molecule has 1 aromatic heterocycles. The molecule has 84 valence electrons. The molecule has 0 spiro atoms. The zero-order valence-electron chi connectivity index (χ0n) is 9.95. The summed E-state index contributed by atoms with van der Waals surface area (Å²) in [6, 6.07) is 0. The molecular weight excluding hydrogens is 190 g/mol. The Morgan fingerprint density at radius 2 is 2.27 bits per heavy atom. The number of rotatable bonds is 4. The maximum absolute atomic E-state index is 11.6. The number of hydrogen-bond donors (Lipinski definition) is 0. The van der Waals surface area contributed by atoms with Crippen molar-refractivity contribution in [3.8, 4) is 0 Å². The summed E-state index contributed by atoms with van der Waals surface area (Å²) < 4.78 is 1.83. The summed E-state index contributed by atoms with van der Waals surface area (Å²) in [5.41, 5.74) is 2.23. The molecule has 4 nitrogen and oxygen atoms in total. The Kier molecular flexibility index (Phi) is 3.88. The highest BCUT2D eigenvalue weighted by Crippen LogP contribution is 2.09. The van der Waals surface area contributed by atoms with Gasteiger partial charge in [0.15, 0.2) is 0 Å². The molecule has 0 aliphatic carbocycles. The Balaban J connectivity index is 2.62. The summed E-state index contributed by atoms with van der Waals surface area (Å²) in [4.78, 5) is 13.3. The number of aryl methyl sites for hydroxylation is 1. The molecule has 0 aliphatic rings. The van der Waals surface area contributed by atoms with Gasteiger partial charge in [-0.1, -0.05) is 6.92 Å². The van der Waals surface area contributed by atoms with Crippen LogP contribution in [0.15, 0.2) is 6.20 Å². The van der Waals surface area contributed by atoms with Crippen molar-refractivity contribution in [1.29, 1.82) is 0 Å². The number of amides is 1. The highest BCUT2D eigenvalue weighted by Gasteiger charge is 2.11. The minimum absolute atomic E-state index is 0.195. The second-order valence-electron chi connectivity index (χ2n) is 3.88. The van der Waals surface area contributed by atoms with E-state index in [4.69, 9.17) is 0 Å². The van der Waals surface area contributed by atoms with Gasteiger partial charge in [-0.3, -0.25) is 9.48 Å². The van der Waals surface area contributed by atoms with Crippen molar-refractivity contribution in [1.82, 2.24) is 14.7 Å². The van der Waals surface area contributed by atoms with Gasteiger partial charge in [-0.2, -0.15) is 5.10 Å². The third-order valence-electron chi connectivity index (χ3n) is 2.63. The lowest BCUT2D eigenvalue weighted by molar-refractivity contribution is -0.130. The molecule has 15 heavy (non-hydrogen) atoms. The Bertz CT molecular complexity index is 344. The van der Waals surface area contributed by atoms with E-state index >= 15 is 0 Å². The first kappa shape index (κ1) is 11.8. The fourth-order valence-corrected chi connectivity index (χ4v) is 1.45. The summed E-state index contributed by atoms with van der Waals surface area (Å²) in [5.74, 6) is 0.195. The highest BCUT2D eigenvalue weighted by atomic mass is 16.2. The number of hydrogen-bond acceptors (Lipinski definition) is 2.